The fourth-order valence-electron chi connectivity index (χ4n) is 3.74. The van der Waals surface area contributed by atoms with Crippen LogP contribution in [0.1, 0.15) is 57.2 Å². The van der Waals surface area contributed by atoms with Crippen LogP contribution in [0.5, 0.6) is 0 Å². The Hall–Kier alpha value is -0.990. The number of hydrogen-bond acceptors (Lipinski definition) is 6. The normalized spacial score (nSPS) is 20.3. The molecular formula is C19H31N3O3S2. The van der Waals surface area contributed by atoms with Crippen molar-refractivity contribution in [2.45, 2.75) is 63.7 Å². The summed E-state index contributed by atoms with van der Waals surface area (Å²) in [5.74, 6) is -0.552. The minimum Gasteiger partial charge on any atom is -0.339 e. The molecule has 3 rings (SSSR count). The molecule has 0 N–H and O–H groups in total. The van der Waals surface area contributed by atoms with Crippen molar-refractivity contribution in [3.05, 3.63) is 16.1 Å². The van der Waals surface area contributed by atoms with Crippen LogP contribution in [0.25, 0.3) is 0 Å². The largest absolute Gasteiger partial charge is 0.339 e. The molecule has 0 atom stereocenters. The van der Waals surface area contributed by atoms with Crippen molar-refractivity contribution in [3.63, 3.8) is 0 Å². The zero-order chi connectivity index (χ0) is 19.7. The molecule has 0 spiro atoms. The molecule has 2 fully saturated rings. The lowest BCUT2D eigenvalue weighted by Crippen LogP contribution is -2.50. The number of nitrogens with zero attached hydrogens (tertiary/aromatic N) is 3. The van der Waals surface area contributed by atoms with E-state index in [9.17, 15) is 13.2 Å². The molecule has 0 bridgehead atoms. The van der Waals surface area contributed by atoms with Crippen LogP contribution in [0.2, 0.25) is 0 Å². The maximum Gasteiger partial charge on any atom is 0.237 e. The van der Waals surface area contributed by atoms with E-state index in [4.69, 9.17) is 4.98 Å². The molecule has 27 heavy (non-hydrogen) atoms. The number of thiazole rings is 1. The Morgan fingerprint density at radius 1 is 1.19 bits per heavy atom. The molecule has 1 aliphatic carbocycles. The first-order chi connectivity index (χ1) is 12.6. The van der Waals surface area contributed by atoms with Crippen LogP contribution in [0, 0.1) is 0 Å². The van der Waals surface area contributed by atoms with Gasteiger partial charge in [-0.25, -0.2) is 13.4 Å². The van der Waals surface area contributed by atoms with Crippen LogP contribution in [-0.4, -0.2) is 66.3 Å². The van der Waals surface area contributed by atoms with E-state index in [1.807, 2.05) is 0 Å². The van der Waals surface area contributed by atoms with Crippen molar-refractivity contribution in [1.82, 2.24) is 14.8 Å². The molecule has 1 saturated carbocycles. The lowest BCUT2D eigenvalue weighted by Gasteiger charge is -2.34. The van der Waals surface area contributed by atoms with E-state index in [2.05, 4.69) is 31.1 Å². The molecule has 0 unspecified atom stereocenters. The molecule has 0 radical (unpaired) electrons. The number of piperazine rings is 1. The molecule has 1 aromatic rings. The molecule has 0 aromatic carbocycles. The number of carbonyl (C=O) groups excluding carboxylic acids is 1. The van der Waals surface area contributed by atoms with E-state index in [0.29, 0.717) is 25.9 Å². The lowest BCUT2D eigenvalue weighted by molar-refractivity contribution is -0.130. The summed E-state index contributed by atoms with van der Waals surface area (Å²) in [6.07, 6.45) is 3.36. The van der Waals surface area contributed by atoms with Crippen molar-refractivity contribution in [2.24, 2.45) is 0 Å². The summed E-state index contributed by atoms with van der Waals surface area (Å²) in [4.78, 5) is 21.2. The fraction of sp³-hybridized carbons (Fsp3) is 0.789. The van der Waals surface area contributed by atoms with Gasteiger partial charge in [-0.2, -0.15) is 0 Å². The Morgan fingerprint density at radius 3 is 2.37 bits per heavy atom. The third-order valence-electron chi connectivity index (χ3n) is 5.44. The molecule has 1 aromatic heterocycles. The highest BCUT2D eigenvalue weighted by Gasteiger charge is 2.33. The lowest BCUT2D eigenvalue weighted by atomic mass is 9.98. The molecule has 2 aliphatic rings. The van der Waals surface area contributed by atoms with Crippen LogP contribution in [0.15, 0.2) is 5.38 Å². The highest BCUT2D eigenvalue weighted by molar-refractivity contribution is 7.92. The summed E-state index contributed by atoms with van der Waals surface area (Å²) < 4.78 is 24.8. The molecule has 6 nitrogen and oxygen atoms in total. The monoisotopic (exact) mass is 413 g/mol. The maximum absolute atomic E-state index is 12.5. The SMILES string of the molecule is CC(C)(C)c1nc(CN2CCN(C(=O)CS(=O)(=O)C3CCCC3)CC2)cs1. The van der Waals surface area contributed by atoms with E-state index >= 15 is 0 Å². The van der Waals surface area contributed by atoms with E-state index in [-0.39, 0.29) is 22.3 Å². The van der Waals surface area contributed by atoms with Gasteiger partial charge in [0.05, 0.1) is 16.0 Å². The first-order valence-electron chi connectivity index (χ1n) is 9.82. The maximum atomic E-state index is 12.5. The van der Waals surface area contributed by atoms with Crippen LogP contribution in [0.4, 0.5) is 0 Å². The number of hydrogen-bond donors (Lipinski definition) is 0. The Labute approximate surface area is 166 Å². The van der Waals surface area contributed by atoms with Crippen LogP contribution < -0.4 is 0 Å². The summed E-state index contributed by atoms with van der Waals surface area (Å²) in [5, 5.41) is 2.96. The first-order valence-corrected chi connectivity index (χ1v) is 12.4. The van der Waals surface area contributed by atoms with E-state index in [1.54, 1.807) is 16.2 Å². The molecule has 1 amide bonds. The van der Waals surface area contributed by atoms with Crippen molar-refractivity contribution in [3.8, 4) is 0 Å². The quantitative estimate of drug-likeness (QED) is 0.741. The second-order valence-corrected chi connectivity index (χ2v) is 11.9. The van der Waals surface area contributed by atoms with Gasteiger partial charge in [0.25, 0.3) is 0 Å². The predicted molar refractivity (Wildman–Crippen MR) is 109 cm³/mol. The van der Waals surface area contributed by atoms with Gasteiger partial charge in [-0.1, -0.05) is 33.6 Å². The van der Waals surface area contributed by atoms with Gasteiger partial charge in [0, 0.05) is 43.5 Å². The number of aromatic nitrogens is 1. The highest BCUT2D eigenvalue weighted by atomic mass is 32.2. The van der Waals surface area contributed by atoms with Gasteiger partial charge in [-0.15, -0.1) is 11.3 Å². The zero-order valence-electron chi connectivity index (χ0n) is 16.6. The molecule has 1 saturated heterocycles. The van der Waals surface area contributed by atoms with E-state index in [1.165, 1.54) is 0 Å². The molecule has 2 heterocycles. The number of rotatable bonds is 5. The van der Waals surface area contributed by atoms with Gasteiger partial charge in [0.2, 0.25) is 5.91 Å². The van der Waals surface area contributed by atoms with Gasteiger partial charge in [-0.3, -0.25) is 9.69 Å². The molecular weight excluding hydrogens is 382 g/mol. The summed E-state index contributed by atoms with van der Waals surface area (Å²) in [6, 6.07) is 0. The third-order valence-corrected chi connectivity index (χ3v) is 8.89. The summed E-state index contributed by atoms with van der Waals surface area (Å²) in [5.41, 5.74) is 1.15. The van der Waals surface area contributed by atoms with Gasteiger partial charge < -0.3 is 4.90 Å². The average Bonchev–Trinajstić information content (AvgIpc) is 3.26. The van der Waals surface area contributed by atoms with Gasteiger partial charge in [0.1, 0.15) is 5.75 Å². The van der Waals surface area contributed by atoms with Crippen molar-refractivity contribution < 1.29 is 13.2 Å². The van der Waals surface area contributed by atoms with E-state index < -0.39 is 9.84 Å². The van der Waals surface area contributed by atoms with Gasteiger partial charge in [-0.05, 0) is 12.8 Å². The number of carbonyl (C=O) groups is 1. The van der Waals surface area contributed by atoms with Gasteiger partial charge in [0.15, 0.2) is 9.84 Å². The second-order valence-electron chi connectivity index (χ2n) is 8.76. The molecule has 152 valence electrons. The average molecular weight is 414 g/mol. The summed E-state index contributed by atoms with van der Waals surface area (Å²) in [7, 11) is -3.30. The fourth-order valence-corrected chi connectivity index (χ4v) is 6.45. The van der Waals surface area contributed by atoms with Crippen LogP contribution >= 0.6 is 11.3 Å². The second kappa shape index (κ2) is 8.17. The molecule has 8 heteroatoms. The Kier molecular flexibility index (Phi) is 6.27. The topological polar surface area (TPSA) is 70.6 Å². The Morgan fingerprint density at radius 2 is 1.81 bits per heavy atom. The summed E-state index contributed by atoms with van der Waals surface area (Å²) >= 11 is 1.70. The zero-order valence-corrected chi connectivity index (χ0v) is 18.2. The third kappa shape index (κ3) is 5.29. The first kappa shape index (κ1) is 20.7. The summed E-state index contributed by atoms with van der Waals surface area (Å²) in [6.45, 7) is 9.99. The van der Waals surface area contributed by atoms with Gasteiger partial charge >= 0.3 is 0 Å². The number of amides is 1. The standard InChI is InChI=1S/C19H31N3O3S2/c1-19(2,3)18-20-15(13-26-18)12-21-8-10-22(11-9-21)17(23)14-27(24,25)16-6-4-5-7-16/h13,16H,4-12,14H2,1-3H3. The van der Waals surface area contributed by atoms with E-state index in [0.717, 1.165) is 43.2 Å². The molecule has 1 aliphatic heterocycles. The predicted octanol–water partition coefficient (Wildman–Crippen LogP) is 2.44. The smallest absolute Gasteiger partial charge is 0.237 e. The van der Waals surface area contributed by atoms with Crippen LogP contribution in [0.3, 0.4) is 0 Å². The Balaban J connectivity index is 1.48. The van der Waals surface area contributed by atoms with Crippen molar-refractivity contribution >= 4 is 27.1 Å². The highest BCUT2D eigenvalue weighted by Crippen LogP contribution is 2.27. The van der Waals surface area contributed by atoms with Crippen molar-refractivity contribution in [2.75, 3.05) is 31.9 Å². The minimum atomic E-state index is -3.30. The Bertz CT molecular complexity index is 753. The van der Waals surface area contributed by atoms with Crippen LogP contribution in [-0.2, 0) is 26.6 Å². The number of sulfone groups is 1. The minimum absolute atomic E-state index is 0.0683. The van der Waals surface area contributed by atoms with Crippen molar-refractivity contribution in [1.29, 1.82) is 0 Å².